The van der Waals surface area contributed by atoms with Crippen molar-refractivity contribution in [2.75, 3.05) is 13.1 Å². The summed E-state index contributed by atoms with van der Waals surface area (Å²) in [7, 11) is 0. The van der Waals surface area contributed by atoms with Crippen LogP contribution in [0.1, 0.15) is 18.4 Å². The molecule has 1 fully saturated rings. The number of nitrogens with zero attached hydrogens (tertiary/aromatic N) is 1. The van der Waals surface area contributed by atoms with Crippen LogP contribution in [0.2, 0.25) is 0 Å². The molecule has 1 aromatic carbocycles. The number of piperidine rings is 1. The van der Waals surface area contributed by atoms with Crippen molar-refractivity contribution in [1.82, 2.24) is 4.90 Å². The van der Waals surface area contributed by atoms with Crippen LogP contribution in [0.15, 0.2) is 30.3 Å². The minimum absolute atomic E-state index is 0.0310. The van der Waals surface area contributed by atoms with Crippen LogP contribution in [-0.2, 0) is 16.0 Å². The molecular weight excluding hydrogens is 214 g/mol. The van der Waals surface area contributed by atoms with Gasteiger partial charge in [0.05, 0.1) is 6.42 Å². The van der Waals surface area contributed by atoms with Crippen molar-refractivity contribution in [1.29, 1.82) is 0 Å². The molecule has 0 aliphatic carbocycles. The molecule has 0 spiro atoms. The van der Waals surface area contributed by atoms with Gasteiger partial charge in [0.25, 0.3) is 0 Å². The Morgan fingerprint density at radius 3 is 2.82 bits per heavy atom. The molecule has 3 heteroatoms. The van der Waals surface area contributed by atoms with E-state index in [1.54, 1.807) is 0 Å². The van der Waals surface area contributed by atoms with Gasteiger partial charge in [-0.05, 0) is 18.4 Å². The number of carbonyl (C=O) groups is 2. The second-order valence-electron chi connectivity index (χ2n) is 4.54. The summed E-state index contributed by atoms with van der Waals surface area (Å²) in [6.45, 7) is 1.38. The molecule has 2 rings (SSSR count). The minimum atomic E-state index is 0.0310. The Labute approximate surface area is 101 Å². The highest BCUT2D eigenvalue weighted by Crippen LogP contribution is 2.15. The molecule has 1 heterocycles. The first-order valence-electron chi connectivity index (χ1n) is 6.06. The molecule has 1 amide bonds. The van der Waals surface area contributed by atoms with Gasteiger partial charge in [0, 0.05) is 19.0 Å². The van der Waals surface area contributed by atoms with E-state index < -0.39 is 0 Å². The quantitative estimate of drug-likeness (QED) is 0.742. The lowest BCUT2D eigenvalue weighted by Crippen LogP contribution is -2.41. The number of aldehydes is 1. The third-order valence-corrected chi connectivity index (χ3v) is 3.20. The summed E-state index contributed by atoms with van der Waals surface area (Å²) >= 11 is 0. The molecule has 1 aliphatic rings. The molecule has 1 unspecified atom stereocenters. The fourth-order valence-electron chi connectivity index (χ4n) is 2.23. The summed E-state index contributed by atoms with van der Waals surface area (Å²) in [5.41, 5.74) is 1.03. The smallest absolute Gasteiger partial charge is 0.227 e. The lowest BCUT2D eigenvalue weighted by molar-refractivity contribution is -0.132. The molecule has 1 atom stereocenters. The minimum Gasteiger partial charge on any atom is -0.342 e. The van der Waals surface area contributed by atoms with E-state index in [4.69, 9.17) is 0 Å². The van der Waals surface area contributed by atoms with E-state index in [0.717, 1.165) is 31.2 Å². The molecule has 0 radical (unpaired) electrons. The van der Waals surface area contributed by atoms with Crippen molar-refractivity contribution < 1.29 is 9.59 Å². The van der Waals surface area contributed by atoms with Crippen molar-refractivity contribution in [3.05, 3.63) is 35.9 Å². The number of likely N-dealkylation sites (tertiary alicyclic amines) is 1. The second kappa shape index (κ2) is 5.62. The second-order valence-corrected chi connectivity index (χ2v) is 4.54. The number of amides is 1. The van der Waals surface area contributed by atoms with Crippen molar-refractivity contribution in [3.63, 3.8) is 0 Å². The number of benzene rings is 1. The van der Waals surface area contributed by atoms with Crippen LogP contribution in [-0.4, -0.2) is 30.2 Å². The lowest BCUT2D eigenvalue weighted by Gasteiger charge is -2.30. The van der Waals surface area contributed by atoms with Gasteiger partial charge in [0.15, 0.2) is 0 Å². The van der Waals surface area contributed by atoms with Crippen LogP contribution in [0.25, 0.3) is 0 Å². The monoisotopic (exact) mass is 231 g/mol. The maximum atomic E-state index is 12.0. The van der Waals surface area contributed by atoms with E-state index in [0.29, 0.717) is 13.0 Å². The van der Waals surface area contributed by atoms with Crippen LogP contribution in [0.3, 0.4) is 0 Å². The Morgan fingerprint density at radius 1 is 1.35 bits per heavy atom. The largest absolute Gasteiger partial charge is 0.342 e. The first-order chi connectivity index (χ1) is 8.29. The standard InChI is InChI=1S/C14H17NO2/c16-11-13-7-4-8-15(10-13)14(17)9-12-5-2-1-3-6-12/h1-3,5-6,11,13H,4,7-10H2. The highest BCUT2D eigenvalue weighted by molar-refractivity contribution is 5.79. The zero-order valence-corrected chi connectivity index (χ0v) is 9.84. The zero-order chi connectivity index (χ0) is 12.1. The van der Waals surface area contributed by atoms with Crippen LogP contribution in [0.5, 0.6) is 0 Å². The number of hydrogen-bond donors (Lipinski definition) is 0. The average molecular weight is 231 g/mol. The predicted octanol–water partition coefficient (Wildman–Crippen LogP) is 1.67. The van der Waals surface area contributed by atoms with E-state index in [1.165, 1.54) is 0 Å². The summed E-state index contributed by atoms with van der Waals surface area (Å²) in [6.07, 6.45) is 3.26. The Morgan fingerprint density at radius 2 is 2.12 bits per heavy atom. The molecule has 0 bridgehead atoms. The van der Waals surface area contributed by atoms with Crippen LogP contribution in [0, 0.1) is 5.92 Å². The zero-order valence-electron chi connectivity index (χ0n) is 9.84. The van der Waals surface area contributed by atoms with Gasteiger partial charge < -0.3 is 9.69 Å². The van der Waals surface area contributed by atoms with E-state index in [2.05, 4.69) is 0 Å². The summed E-state index contributed by atoms with van der Waals surface area (Å²) in [5.74, 6) is 0.159. The maximum absolute atomic E-state index is 12.0. The van der Waals surface area contributed by atoms with Gasteiger partial charge in [0.1, 0.15) is 6.29 Å². The molecule has 1 aliphatic heterocycles. The van der Waals surface area contributed by atoms with Crippen LogP contribution in [0.4, 0.5) is 0 Å². The first-order valence-corrected chi connectivity index (χ1v) is 6.06. The predicted molar refractivity (Wildman–Crippen MR) is 65.5 cm³/mol. The van der Waals surface area contributed by atoms with Crippen LogP contribution < -0.4 is 0 Å². The number of carbonyl (C=O) groups excluding carboxylic acids is 2. The third kappa shape index (κ3) is 3.16. The van der Waals surface area contributed by atoms with Crippen LogP contribution >= 0.6 is 0 Å². The maximum Gasteiger partial charge on any atom is 0.227 e. The summed E-state index contributed by atoms with van der Waals surface area (Å²) < 4.78 is 0. The van der Waals surface area contributed by atoms with Crippen molar-refractivity contribution >= 4 is 12.2 Å². The SMILES string of the molecule is O=CC1CCCN(C(=O)Cc2ccccc2)C1. The summed E-state index contributed by atoms with van der Waals surface area (Å²) in [4.78, 5) is 24.6. The Hall–Kier alpha value is -1.64. The lowest BCUT2D eigenvalue weighted by atomic mass is 9.99. The van der Waals surface area contributed by atoms with Gasteiger partial charge in [-0.15, -0.1) is 0 Å². The summed E-state index contributed by atoms with van der Waals surface area (Å²) in [5, 5.41) is 0. The van der Waals surface area contributed by atoms with Gasteiger partial charge in [-0.25, -0.2) is 0 Å². The molecule has 90 valence electrons. The Kier molecular flexibility index (Phi) is 3.91. The fraction of sp³-hybridized carbons (Fsp3) is 0.429. The van der Waals surface area contributed by atoms with Gasteiger partial charge in [-0.1, -0.05) is 30.3 Å². The normalized spacial score (nSPS) is 20.0. The molecule has 0 N–H and O–H groups in total. The molecule has 0 aromatic heterocycles. The van der Waals surface area contributed by atoms with Gasteiger partial charge >= 0.3 is 0 Å². The number of hydrogen-bond acceptors (Lipinski definition) is 2. The van der Waals surface area contributed by atoms with Crippen molar-refractivity contribution in [2.45, 2.75) is 19.3 Å². The van der Waals surface area contributed by atoms with Gasteiger partial charge in [0.2, 0.25) is 5.91 Å². The van der Waals surface area contributed by atoms with Crippen molar-refractivity contribution in [3.8, 4) is 0 Å². The molecule has 1 saturated heterocycles. The van der Waals surface area contributed by atoms with E-state index in [9.17, 15) is 9.59 Å². The van der Waals surface area contributed by atoms with E-state index >= 15 is 0 Å². The first kappa shape index (κ1) is 11.8. The van der Waals surface area contributed by atoms with Crippen molar-refractivity contribution in [2.24, 2.45) is 5.92 Å². The Bertz CT molecular complexity index is 388. The molecular formula is C14H17NO2. The van der Waals surface area contributed by atoms with E-state index in [1.807, 2.05) is 35.2 Å². The molecule has 1 aromatic rings. The third-order valence-electron chi connectivity index (χ3n) is 3.20. The molecule has 3 nitrogen and oxygen atoms in total. The molecule has 0 saturated carbocycles. The number of rotatable bonds is 3. The highest BCUT2D eigenvalue weighted by atomic mass is 16.2. The topological polar surface area (TPSA) is 37.4 Å². The van der Waals surface area contributed by atoms with E-state index in [-0.39, 0.29) is 11.8 Å². The Balaban J connectivity index is 1.93. The summed E-state index contributed by atoms with van der Waals surface area (Å²) in [6, 6.07) is 9.73. The average Bonchev–Trinajstić information content (AvgIpc) is 2.40. The van der Waals surface area contributed by atoms with Gasteiger partial charge in [-0.3, -0.25) is 4.79 Å². The fourth-order valence-corrected chi connectivity index (χ4v) is 2.23. The highest BCUT2D eigenvalue weighted by Gasteiger charge is 2.22. The van der Waals surface area contributed by atoms with Gasteiger partial charge in [-0.2, -0.15) is 0 Å². The molecule has 17 heavy (non-hydrogen) atoms.